The van der Waals surface area contributed by atoms with E-state index in [0.717, 1.165) is 66.0 Å². The van der Waals surface area contributed by atoms with Crippen LogP contribution in [0.2, 0.25) is 0 Å². The topological polar surface area (TPSA) is 56.7 Å². The summed E-state index contributed by atoms with van der Waals surface area (Å²) < 4.78 is 8.66. The molecule has 0 atom stereocenters. The van der Waals surface area contributed by atoms with E-state index in [2.05, 4.69) is 126 Å². The predicted molar refractivity (Wildman–Crippen MR) is 195 cm³/mol. The molecular weight excluding hydrogens is 589 g/mol. The Labute approximate surface area is 275 Å². The minimum Gasteiger partial charge on any atom is -0.456 e. The van der Waals surface area contributed by atoms with Gasteiger partial charge >= 0.3 is 0 Å². The fourth-order valence-electron chi connectivity index (χ4n) is 6.91. The van der Waals surface area contributed by atoms with E-state index in [9.17, 15) is 0 Å². The molecule has 0 aliphatic carbocycles. The van der Waals surface area contributed by atoms with Crippen LogP contribution in [0.4, 0.5) is 0 Å². The first-order valence-corrected chi connectivity index (χ1v) is 16.0. The number of nitrogens with zero attached hydrogens (tertiary/aromatic N) is 4. The molecule has 0 unspecified atom stereocenters. The van der Waals surface area contributed by atoms with Crippen LogP contribution in [0.3, 0.4) is 0 Å². The van der Waals surface area contributed by atoms with E-state index in [4.69, 9.17) is 19.4 Å². The lowest BCUT2D eigenvalue weighted by Gasteiger charge is -2.10. The van der Waals surface area contributed by atoms with Crippen molar-refractivity contribution < 1.29 is 4.42 Å². The molecule has 0 N–H and O–H groups in total. The number of hydrogen-bond acceptors (Lipinski definition) is 4. The molecule has 48 heavy (non-hydrogen) atoms. The fraction of sp³-hybridized carbons (Fsp3) is 0. The zero-order valence-electron chi connectivity index (χ0n) is 25.7. The van der Waals surface area contributed by atoms with Gasteiger partial charge in [0.25, 0.3) is 0 Å². The highest BCUT2D eigenvalue weighted by molar-refractivity contribution is 6.09. The molecule has 0 amide bonds. The van der Waals surface area contributed by atoms with Crippen LogP contribution in [0.5, 0.6) is 0 Å². The second kappa shape index (κ2) is 10.5. The molecule has 0 aliphatic rings. The van der Waals surface area contributed by atoms with E-state index in [1.165, 1.54) is 10.8 Å². The second-order valence-corrected chi connectivity index (χ2v) is 12.1. The lowest BCUT2D eigenvalue weighted by Crippen LogP contribution is -2.06. The number of para-hydroxylation sites is 2. The van der Waals surface area contributed by atoms with Crippen LogP contribution in [-0.2, 0) is 0 Å². The highest BCUT2D eigenvalue weighted by atomic mass is 16.3. The zero-order valence-corrected chi connectivity index (χ0v) is 25.7. The van der Waals surface area contributed by atoms with Crippen molar-refractivity contribution in [3.05, 3.63) is 158 Å². The van der Waals surface area contributed by atoms with Gasteiger partial charge in [0.2, 0.25) is 5.95 Å². The average molecular weight is 615 g/mol. The first-order chi connectivity index (χ1) is 23.8. The summed E-state index contributed by atoms with van der Waals surface area (Å²) in [6.07, 6.45) is 0. The van der Waals surface area contributed by atoms with Crippen LogP contribution in [0.25, 0.3) is 94.4 Å². The third-order valence-electron chi connectivity index (χ3n) is 9.25. The first-order valence-electron chi connectivity index (χ1n) is 16.0. The van der Waals surface area contributed by atoms with Crippen LogP contribution in [0.15, 0.2) is 162 Å². The largest absolute Gasteiger partial charge is 0.456 e. The maximum absolute atomic E-state index is 6.52. The molecule has 3 aromatic heterocycles. The number of furan rings is 1. The van der Waals surface area contributed by atoms with Gasteiger partial charge in [0.05, 0.1) is 11.0 Å². The molecular formula is C43H26N4O. The van der Waals surface area contributed by atoms with Gasteiger partial charge in [-0.25, -0.2) is 4.98 Å². The van der Waals surface area contributed by atoms with E-state index in [0.29, 0.717) is 17.6 Å². The number of aromatic nitrogens is 4. The molecule has 5 heteroatoms. The highest BCUT2D eigenvalue weighted by Crippen LogP contribution is 2.36. The van der Waals surface area contributed by atoms with Crippen LogP contribution in [-0.4, -0.2) is 19.5 Å². The third kappa shape index (κ3) is 4.22. The molecule has 0 spiro atoms. The maximum Gasteiger partial charge on any atom is 0.238 e. The highest BCUT2D eigenvalue weighted by Gasteiger charge is 2.18. The van der Waals surface area contributed by atoms with Crippen LogP contribution >= 0.6 is 0 Å². The Hall–Kier alpha value is -6.59. The molecule has 0 aliphatic heterocycles. The van der Waals surface area contributed by atoms with Gasteiger partial charge in [-0.05, 0) is 64.4 Å². The van der Waals surface area contributed by atoms with Crippen molar-refractivity contribution in [2.24, 2.45) is 0 Å². The van der Waals surface area contributed by atoms with Crippen molar-refractivity contribution in [1.29, 1.82) is 0 Å². The molecule has 224 valence electrons. The summed E-state index contributed by atoms with van der Waals surface area (Å²) in [5, 5.41) is 6.89. The predicted octanol–water partition coefficient (Wildman–Crippen LogP) is 11.0. The molecule has 3 heterocycles. The SMILES string of the molecule is c1ccc(-c2nc(-c3ccc4c(c3)oc3cc(-c5ccc6ccccc6c5)ccc34)nc(-n3c4ccccc4c4ccccc43)n2)cc1. The lowest BCUT2D eigenvalue weighted by atomic mass is 10.00. The van der Waals surface area contributed by atoms with E-state index >= 15 is 0 Å². The maximum atomic E-state index is 6.52. The van der Waals surface area contributed by atoms with Gasteiger partial charge in [-0.1, -0.05) is 115 Å². The van der Waals surface area contributed by atoms with Crippen molar-refractivity contribution in [3.63, 3.8) is 0 Å². The third-order valence-corrected chi connectivity index (χ3v) is 9.25. The average Bonchev–Trinajstić information content (AvgIpc) is 3.69. The molecule has 5 nitrogen and oxygen atoms in total. The molecule has 7 aromatic carbocycles. The van der Waals surface area contributed by atoms with Crippen molar-refractivity contribution >= 4 is 54.5 Å². The monoisotopic (exact) mass is 614 g/mol. The Morgan fingerprint density at radius 2 is 0.917 bits per heavy atom. The summed E-state index contributed by atoms with van der Waals surface area (Å²) in [6.45, 7) is 0. The Kier molecular flexibility index (Phi) is 5.81. The Morgan fingerprint density at radius 1 is 0.375 bits per heavy atom. The number of hydrogen-bond donors (Lipinski definition) is 0. The fourth-order valence-corrected chi connectivity index (χ4v) is 6.91. The van der Waals surface area contributed by atoms with Crippen molar-refractivity contribution in [3.8, 4) is 39.9 Å². The molecule has 10 rings (SSSR count). The summed E-state index contributed by atoms with van der Waals surface area (Å²) >= 11 is 0. The van der Waals surface area contributed by atoms with Gasteiger partial charge in [0.1, 0.15) is 11.2 Å². The van der Waals surface area contributed by atoms with Gasteiger partial charge < -0.3 is 4.42 Å². The summed E-state index contributed by atoms with van der Waals surface area (Å²) in [6, 6.07) is 54.6. The van der Waals surface area contributed by atoms with E-state index in [1.54, 1.807) is 0 Å². The summed E-state index contributed by atoms with van der Waals surface area (Å²) in [5.74, 6) is 1.77. The summed E-state index contributed by atoms with van der Waals surface area (Å²) in [5.41, 5.74) is 7.79. The summed E-state index contributed by atoms with van der Waals surface area (Å²) in [7, 11) is 0. The van der Waals surface area contributed by atoms with Crippen molar-refractivity contribution in [2.45, 2.75) is 0 Å². The summed E-state index contributed by atoms with van der Waals surface area (Å²) in [4.78, 5) is 15.2. The van der Waals surface area contributed by atoms with Gasteiger partial charge in [0, 0.05) is 32.7 Å². The zero-order chi connectivity index (χ0) is 31.6. The van der Waals surface area contributed by atoms with Gasteiger partial charge in [-0.2, -0.15) is 9.97 Å². The van der Waals surface area contributed by atoms with E-state index in [1.807, 2.05) is 36.4 Å². The van der Waals surface area contributed by atoms with Crippen LogP contribution in [0, 0.1) is 0 Å². The Balaban J connectivity index is 1.14. The number of rotatable bonds is 4. The van der Waals surface area contributed by atoms with Gasteiger partial charge in [-0.15, -0.1) is 0 Å². The molecule has 0 fully saturated rings. The molecule has 0 radical (unpaired) electrons. The van der Waals surface area contributed by atoms with Crippen molar-refractivity contribution in [1.82, 2.24) is 19.5 Å². The quantitative estimate of drug-likeness (QED) is 0.198. The number of benzene rings is 7. The molecule has 0 saturated heterocycles. The Bertz CT molecular complexity index is 2800. The normalized spacial score (nSPS) is 11.8. The van der Waals surface area contributed by atoms with E-state index in [-0.39, 0.29) is 0 Å². The smallest absolute Gasteiger partial charge is 0.238 e. The van der Waals surface area contributed by atoms with Crippen LogP contribution < -0.4 is 0 Å². The van der Waals surface area contributed by atoms with Crippen molar-refractivity contribution in [2.75, 3.05) is 0 Å². The standard InChI is InChI=1S/C43H26N4O/c1-2-11-28(12-3-1)41-44-42(46-43(45-41)47-37-16-8-6-14-33(37)34-15-7-9-17-38(34)47)32-21-23-36-35-22-20-31(25-39(35)48-40(36)26-32)30-19-18-27-10-4-5-13-29(27)24-30/h1-26H. The lowest BCUT2D eigenvalue weighted by molar-refractivity contribution is 0.669. The second-order valence-electron chi connectivity index (χ2n) is 12.1. The number of fused-ring (bicyclic) bond motifs is 7. The molecule has 0 saturated carbocycles. The van der Waals surface area contributed by atoms with Crippen LogP contribution in [0.1, 0.15) is 0 Å². The van der Waals surface area contributed by atoms with Gasteiger partial charge in [-0.3, -0.25) is 4.57 Å². The van der Waals surface area contributed by atoms with E-state index < -0.39 is 0 Å². The minimum atomic E-state index is 0.570. The first kappa shape index (κ1) is 26.6. The molecule has 10 aromatic rings. The van der Waals surface area contributed by atoms with Gasteiger partial charge in [0.15, 0.2) is 11.6 Å². The minimum absolute atomic E-state index is 0.570. The molecule has 0 bridgehead atoms. The Morgan fingerprint density at radius 3 is 1.65 bits per heavy atom.